The van der Waals surface area contributed by atoms with E-state index in [2.05, 4.69) is 15.1 Å². The fourth-order valence-corrected chi connectivity index (χ4v) is 5.39. The highest BCUT2D eigenvalue weighted by Crippen LogP contribution is 2.27. The van der Waals surface area contributed by atoms with Crippen molar-refractivity contribution in [1.29, 1.82) is 0 Å². The zero-order valence-electron chi connectivity index (χ0n) is 13.6. The summed E-state index contributed by atoms with van der Waals surface area (Å²) in [4.78, 5) is 0.335. The molecule has 2 aliphatic rings. The van der Waals surface area contributed by atoms with Crippen molar-refractivity contribution in [2.75, 3.05) is 0 Å². The van der Waals surface area contributed by atoms with E-state index in [-0.39, 0.29) is 12.1 Å². The average molecular weight is 326 g/mol. The van der Waals surface area contributed by atoms with Crippen LogP contribution >= 0.6 is 0 Å². The summed E-state index contributed by atoms with van der Waals surface area (Å²) in [5.41, 5.74) is 1.25. The Kier molecular flexibility index (Phi) is 4.31. The second kappa shape index (κ2) is 5.94. The maximum atomic E-state index is 12.7. The van der Waals surface area contributed by atoms with Crippen LogP contribution in [0.4, 0.5) is 0 Å². The molecule has 0 bridgehead atoms. The van der Waals surface area contributed by atoms with E-state index < -0.39 is 10.0 Å². The fourth-order valence-electron chi connectivity index (χ4n) is 3.64. The summed E-state index contributed by atoms with van der Waals surface area (Å²) in [6.45, 7) is 3.54. The molecule has 22 heavy (non-hydrogen) atoms. The Morgan fingerprint density at radius 3 is 2.23 bits per heavy atom. The molecule has 0 aromatic carbocycles. The lowest BCUT2D eigenvalue weighted by atomic mass is 9.86. The lowest BCUT2D eigenvalue weighted by molar-refractivity contribution is 0.243. The molecular weight excluding hydrogens is 300 g/mol. The molecule has 0 amide bonds. The summed E-state index contributed by atoms with van der Waals surface area (Å²) in [6.07, 6.45) is 6.97. The minimum atomic E-state index is -3.50. The third-order valence-corrected chi connectivity index (χ3v) is 6.84. The zero-order chi connectivity index (χ0) is 15.9. The van der Waals surface area contributed by atoms with Gasteiger partial charge in [0.1, 0.15) is 4.90 Å². The molecule has 0 spiro atoms. The first-order valence-corrected chi connectivity index (χ1v) is 9.65. The van der Waals surface area contributed by atoms with Crippen molar-refractivity contribution in [3.8, 4) is 0 Å². The summed E-state index contributed by atoms with van der Waals surface area (Å²) in [7, 11) is -1.73. The van der Waals surface area contributed by atoms with Gasteiger partial charge in [-0.15, -0.1) is 0 Å². The molecule has 124 valence electrons. The third-order valence-electron chi connectivity index (χ3n) is 5.10. The van der Waals surface area contributed by atoms with Gasteiger partial charge < -0.3 is 5.32 Å². The van der Waals surface area contributed by atoms with Gasteiger partial charge in [-0.05, 0) is 39.5 Å². The predicted molar refractivity (Wildman–Crippen MR) is 85.2 cm³/mol. The Hall–Kier alpha value is -0.920. The molecule has 1 heterocycles. The second-order valence-electron chi connectivity index (χ2n) is 6.68. The van der Waals surface area contributed by atoms with Crippen LogP contribution in [0.1, 0.15) is 49.9 Å². The van der Waals surface area contributed by atoms with Gasteiger partial charge in [-0.2, -0.15) is 5.10 Å². The van der Waals surface area contributed by atoms with Gasteiger partial charge in [-0.1, -0.05) is 12.8 Å². The minimum Gasteiger partial charge on any atom is -0.310 e. The average Bonchev–Trinajstić information content (AvgIpc) is 3.02. The molecule has 1 aromatic heterocycles. The van der Waals surface area contributed by atoms with E-state index in [0.29, 0.717) is 22.3 Å². The number of nitrogens with zero attached hydrogens (tertiary/aromatic N) is 2. The van der Waals surface area contributed by atoms with Gasteiger partial charge in [0.15, 0.2) is 0 Å². The maximum Gasteiger partial charge on any atom is 0.244 e. The molecule has 7 heteroatoms. The van der Waals surface area contributed by atoms with Gasteiger partial charge in [-0.25, -0.2) is 13.1 Å². The molecule has 1 aromatic rings. The standard InChI is InChI=1S/C15H26N4O2S/c1-10-15(11(2)19(3)17-10)22(20,21)18-14-9-8-13(14)16-12-6-4-5-7-12/h12-14,16,18H,4-9H2,1-3H3/t13-,14+/m1/s1. The molecule has 0 unspecified atom stereocenters. The Balaban J connectivity index is 1.69. The molecule has 0 radical (unpaired) electrons. The quantitative estimate of drug-likeness (QED) is 0.857. The van der Waals surface area contributed by atoms with Crippen LogP contribution in [0.3, 0.4) is 0 Å². The molecule has 2 saturated carbocycles. The number of aryl methyl sites for hydroxylation is 2. The van der Waals surface area contributed by atoms with Gasteiger partial charge in [0.2, 0.25) is 10.0 Å². The van der Waals surface area contributed by atoms with Crippen molar-refractivity contribution < 1.29 is 8.42 Å². The van der Waals surface area contributed by atoms with E-state index >= 15 is 0 Å². The van der Waals surface area contributed by atoms with Gasteiger partial charge in [0.05, 0.1) is 11.4 Å². The SMILES string of the molecule is Cc1nn(C)c(C)c1S(=O)(=O)N[C@H]1CC[C@H]1NC1CCCC1. The number of sulfonamides is 1. The van der Waals surface area contributed by atoms with Crippen LogP contribution < -0.4 is 10.0 Å². The maximum absolute atomic E-state index is 12.7. The Morgan fingerprint density at radius 2 is 1.73 bits per heavy atom. The lowest BCUT2D eigenvalue weighted by Gasteiger charge is -2.39. The molecule has 2 atom stereocenters. The van der Waals surface area contributed by atoms with E-state index in [9.17, 15) is 8.42 Å². The van der Waals surface area contributed by atoms with E-state index in [1.807, 2.05) is 0 Å². The van der Waals surface area contributed by atoms with Crippen LogP contribution in [-0.4, -0.2) is 36.3 Å². The Morgan fingerprint density at radius 1 is 1.09 bits per heavy atom. The van der Waals surface area contributed by atoms with Crippen molar-refractivity contribution in [3.63, 3.8) is 0 Å². The van der Waals surface area contributed by atoms with Crippen LogP contribution in [0, 0.1) is 13.8 Å². The highest BCUT2D eigenvalue weighted by Gasteiger charge is 2.37. The van der Waals surface area contributed by atoms with Crippen LogP contribution in [0.25, 0.3) is 0 Å². The number of hydrogen-bond acceptors (Lipinski definition) is 4. The number of aromatic nitrogens is 2. The molecule has 6 nitrogen and oxygen atoms in total. The normalized spacial score (nSPS) is 26.3. The Bertz CT molecular complexity index is 647. The van der Waals surface area contributed by atoms with E-state index in [1.54, 1.807) is 25.6 Å². The second-order valence-corrected chi connectivity index (χ2v) is 8.33. The summed E-state index contributed by atoms with van der Waals surface area (Å²) < 4.78 is 29.9. The highest BCUT2D eigenvalue weighted by atomic mass is 32.2. The molecule has 2 aliphatic carbocycles. The molecule has 0 saturated heterocycles. The van der Waals surface area contributed by atoms with Gasteiger partial charge >= 0.3 is 0 Å². The van der Waals surface area contributed by atoms with Gasteiger partial charge in [0, 0.05) is 25.2 Å². The zero-order valence-corrected chi connectivity index (χ0v) is 14.4. The van der Waals surface area contributed by atoms with Crippen molar-refractivity contribution >= 4 is 10.0 Å². The molecule has 2 N–H and O–H groups in total. The topological polar surface area (TPSA) is 76.0 Å². The third kappa shape index (κ3) is 2.94. The monoisotopic (exact) mass is 326 g/mol. The van der Waals surface area contributed by atoms with E-state index in [0.717, 1.165) is 12.8 Å². The Labute approximate surface area is 132 Å². The highest BCUT2D eigenvalue weighted by molar-refractivity contribution is 7.89. The molecule has 0 aliphatic heterocycles. The summed E-state index contributed by atoms with van der Waals surface area (Å²) >= 11 is 0. The number of hydrogen-bond donors (Lipinski definition) is 2. The minimum absolute atomic E-state index is 0.00426. The summed E-state index contributed by atoms with van der Waals surface area (Å²) in [6, 6.07) is 0.846. The first-order valence-electron chi connectivity index (χ1n) is 8.17. The van der Waals surface area contributed by atoms with Crippen LogP contribution in [0.2, 0.25) is 0 Å². The van der Waals surface area contributed by atoms with Gasteiger partial charge in [0.25, 0.3) is 0 Å². The lowest BCUT2D eigenvalue weighted by Crippen LogP contribution is -2.58. The van der Waals surface area contributed by atoms with Crippen LogP contribution in [0.15, 0.2) is 4.90 Å². The summed E-state index contributed by atoms with van der Waals surface area (Å²) in [5, 5.41) is 7.84. The summed E-state index contributed by atoms with van der Waals surface area (Å²) in [5.74, 6) is 0. The number of rotatable bonds is 5. The molecule has 3 rings (SSSR count). The van der Waals surface area contributed by atoms with E-state index in [1.165, 1.54) is 25.7 Å². The smallest absolute Gasteiger partial charge is 0.244 e. The van der Waals surface area contributed by atoms with Crippen LogP contribution in [0.5, 0.6) is 0 Å². The predicted octanol–water partition coefficient (Wildman–Crippen LogP) is 1.38. The van der Waals surface area contributed by atoms with Crippen molar-refractivity contribution in [3.05, 3.63) is 11.4 Å². The largest absolute Gasteiger partial charge is 0.310 e. The van der Waals surface area contributed by atoms with E-state index in [4.69, 9.17) is 0 Å². The van der Waals surface area contributed by atoms with Crippen LogP contribution in [-0.2, 0) is 17.1 Å². The van der Waals surface area contributed by atoms with Crippen molar-refractivity contribution in [2.45, 2.75) is 75.4 Å². The molecule has 2 fully saturated rings. The molecular formula is C15H26N4O2S. The number of nitrogens with one attached hydrogen (secondary N) is 2. The first-order chi connectivity index (χ1) is 10.4. The van der Waals surface area contributed by atoms with Gasteiger partial charge in [-0.3, -0.25) is 4.68 Å². The van der Waals surface area contributed by atoms with Crippen molar-refractivity contribution in [2.24, 2.45) is 7.05 Å². The first kappa shape index (κ1) is 16.0. The fraction of sp³-hybridized carbons (Fsp3) is 0.800. The van der Waals surface area contributed by atoms with Crippen molar-refractivity contribution in [1.82, 2.24) is 19.8 Å².